The summed E-state index contributed by atoms with van der Waals surface area (Å²) in [5.74, 6) is -0.0320. The molecule has 1 fully saturated rings. The van der Waals surface area contributed by atoms with Crippen LogP contribution in [0.4, 0.5) is 5.82 Å². The van der Waals surface area contributed by atoms with E-state index in [1.54, 1.807) is 4.90 Å². The Hall–Kier alpha value is -1.93. The van der Waals surface area contributed by atoms with Crippen molar-refractivity contribution in [1.29, 1.82) is 0 Å². The summed E-state index contributed by atoms with van der Waals surface area (Å²) in [5.41, 5.74) is 0.826. The number of H-pyrrole nitrogens is 1. The number of hydrogen-bond acceptors (Lipinski definition) is 4. The fraction of sp³-hybridized carbons (Fsp3) is 0.500. The Kier molecular flexibility index (Phi) is 5.62. The molecule has 0 saturated carbocycles. The number of aromatic nitrogens is 2. The highest BCUT2D eigenvalue weighted by Gasteiger charge is 2.37. The predicted octanol–water partition coefficient (Wildman–Crippen LogP) is 2.20. The molecule has 8 heteroatoms. The van der Waals surface area contributed by atoms with E-state index in [1.165, 1.54) is 0 Å². The maximum atomic E-state index is 12.6. The van der Waals surface area contributed by atoms with Crippen molar-refractivity contribution in [2.75, 3.05) is 18.1 Å². The number of carbonyl (C=O) groups is 2. The predicted molar refractivity (Wildman–Crippen MR) is 103 cm³/mol. The zero-order valence-corrected chi connectivity index (χ0v) is 16.4. The van der Waals surface area contributed by atoms with E-state index in [-0.39, 0.29) is 36.8 Å². The molecule has 1 unspecified atom stereocenters. The smallest absolute Gasteiger partial charge is 0.229 e. The van der Waals surface area contributed by atoms with E-state index < -0.39 is 5.92 Å². The van der Waals surface area contributed by atoms with Gasteiger partial charge in [-0.1, -0.05) is 36.2 Å². The number of hydrogen-bond donors (Lipinski definition) is 3. The average molecular weight is 423 g/mol. The summed E-state index contributed by atoms with van der Waals surface area (Å²) in [4.78, 5) is 26.6. The molecular formula is C18H23BrN4O3. The number of aliphatic hydroxyl groups excluding tert-OH is 1. The van der Waals surface area contributed by atoms with Gasteiger partial charge < -0.3 is 10.4 Å². The Morgan fingerprint density at radius 2 is 2.31 bits per heavy atom. The molecule has 3 N–H and O–H groups in total. The molecule has 26 heavy (non-hydrogen) atoms. The van der Waals surface area contributed by atoms with Gasteiger partial charge in [-0.3, -0.25) is 19.6 Å². The van der Waals surface area contributed by atoms with E-state index in [2.05, 4.69) is 31.4 Å². The van der Waals surface area contributed by atoms with Gasteiger partial charge in [0, 0.05) is 22.8 Å². The molecule has 1 saturated heterocycles. The number of halogens is 1. The number of anilines is 1. The zero-order chi connectivity index (χ0) is 18.8. The Morgan fingerprint density at radius 3 is 3.00 bits per heavy atom. The van der Waals surface area contributed by atoms with Crippen molar-refractivity contribution in [2.45, 2.75) is 32.7 Å². The van der Waals surface area contributed by atoms with Crippen LogP contribution in [0, 0.1) is 11.8 Å². The third-order valence-corrected chi connectivity index (χ3v) is 5.60. The first-order chi connectivity index (χ1) is 12.4. The van der Waals surface area contributed by atoms with Crippen molar-refractivity contribution in [3.05, 3.63) is 22.7 Å². The van der Waals surface area contributed by atoms with Crippen LogP contribution in [0.15, 0.2) is 22.7 Å². The molecule has 1 aromatic heterocycles. The monoisotopic (exact) mass is 422 g/mol. The Bertz CT molecular complexity index is 822. The summed E-state index contributed by atoms with van der Waals surface area (Å²) in [6, 6.07) is 5.39. The Labute approximate surface area is 160 Å². The summed E-state index contributed by atoms with van der Waals surface area (Å²) < 4.78 is 0.922. The lowest BCUT2D eigenvalue weighted by Crippen LogP contribution is -2.45. The highest BCUT2D eigenvalue weighted by atomic mass is 79.9. The van der Waals surface area contributed by atoms with Gasteiger partial charge in [0.05, 0.1) is 24.1 Å². The van der Waals surface area contributed by atoms with Gasteiger partial charge in [0.25, 0.3) is 0 Å². The minimum Gasteiger partial charge on any atom is -0.394 e. The number of amides is 2. The third kappa shape index (κ3) is 3.61. The first kappa shape index (κ1) is 18.8. The van der Waals surface area contributed by atoms with Gasteiger partial charge in [0.15, 0.2) is 5.82 Å². The van der Waals surface area contributed by atoms with E-state index >= 15 is 0 Å². The molecular weight excluding hydrogens is 400 g/mol. The van der Waals surface area contributed by atoms with Crippen LogP contribution in [-0.2, 0) is 9.59 Å². The topological polar surface area (TPSA) is 98.3 Å². The molecule has 140 valence electrons. The summed E-state index contributed by atoms with van der Waals surface area (Å²) in [7, 11) is 0. The van der Waals surface area contributed by atoms with Crippen LogP contribution in [-0.4, -0.2) is 46.3 Å². The largest absolute Gasteiger partial charge is 0.394 e. The number of nitrogens with zero attached hydrogens (tertiary/aromatic N) is 2. The lowest BCUT2D eigenvalue weighted by Gasteiger charge is -2.23. The molecule has 7 nitrogen and oxygen atoms in total. The standard InChI is InChI=1S/C18H23BrN4O3/c1-3-10(2)15(9-24)20-18(26)11-6-16(25)23(8-11)17-13-5-4-12(19)7-14(13)21-22-17/h4-5,7,10-11,15,24H,3,6,8-9H2,1-2H3,(H,20,26)(H,21,22)/t10-,11?,15-/m1/s1. The molecule has 3 atom stereocenters. The minimum absolute atomic E-state index is 0.107. The molecule has 1 aliphatic heterocycles. The van der Waals surface area contributed by atoms with Crippen LogP contribution in [0.5, 0.6) is 0 Å². The molecule has 2 amide bonds. The molecule has 3 rings (SSSR count). The SMILES string of the molecule is CC[C@@H](C)[C@@H](CO)NC(=O)C1CC(=O)N(c2n[nH]c3cc(Br)ccc23)C1. The quantitative estimate of drug-likeness (QED) is 0.664. The molecule has 0 aliphatic carbocycles. The first-order valence-electron chi connectivity index (χ1n) is 8.79. The number of aliphatic hydroxyl groups is 1. The molecule has 1 aromatic carbocycles. The molecule has 0 spiro atoms. The van der Waals surface area contributed by atoms with Crippen molar-refractivity contribution < 1.29 is 14.7 Å². The fourth-order valence-electron chi connectivity index (χ4n) is 3.22. The van der Waals surface area contributed by atoms with Crippen LogP contribution in [0.25, 0.3) is 10.9 Å². The highest BCUT2D eigenvalue weighted by Crippen LogP contribution is 2.31. The Balaban J connectivity index is 1.74. The van der Waals surface area contributed by atoms with Gasteiger partial charge in [-0.15, -0.1) is 0 Å². The molecule has 2 heterocycles. The second-order valence-corrected chi connectivity index (χ2v) is 7.74. The molecule has 0 radical (unpaired) electrons. The second kappa shape index (κ2) is 7.75. The summed E-state index contributed by atoms with van der Waals surface area (Å²) in [5, 5.41) is 20.4. The van der Waals surface area contributed by atoms with Gasteiger partial charge in [0.2, 0.25) is 11.8 Å². The average Bonchev–Trinajstić information content (AvgIpc) is 3.21. The van der Waals surface area contributed by atoms with Crippen molar-refractivity contribution in [3.8, 4) is 0 Å². The Morgan fingerprint density at radius 1 is 1.54 bits per heavy atom. The first-order valence-corrected chi connectivity index (χ1v) is 9.59. The van der Waals surface area contributed by atoms with Crippen LogP contribution < -0.4 is 10.2 Å². The second-order valence-electron chi connectivity index (χ2n) is 6.83. The van der Waals surface area contributed by atoms with Crippen molar-refractivity contribution in [2.24, 2.45) is 11.8 Å². The summed E-state index contributed by atoms with van der Waals surface area (Å²) in [6.07, 6.45) is 1.01. The molecule has 1 aliphatic rings. The van der Waals surface area contributed by atoms with E-state index in [0.717, 1.165) is 21.8 Å². The van der Waals surface area contributed by atoms with Gasteiger partial charge >= 0.3 is 0 Å². The third-order valence-electron chi connectivity index (χ3n) is 5.11. The maximum Gasteiger partial charge on any atom is 0.229 e. The van der Waals surface area contributed by atoms with E-state index in [4.69, 9.17) is 0 Å². The van der Waals surface area contributed by atoms with Gasteiger partial charge in [-0.05, 0) is 24.1 Å². The van der Waals surface area contributed by atoms with Gasteiger partial charge in [-0.2, -0.15) is 5.10 Å². The lowest BCUT2D eigenvalue weighted by atomic mass is 9.98. The normalized spacial score (nSPS) is 19.8. The van der Waals surface area contributed by atoms with Gasteiger partial charge in [-0.25, -0.2) is 0 Å². The number of rotatable bonds is 6. The van der Waals surface area contributed by atoms with E-state index in [9.17, 15) is 14.7 Å². The summed E-state index contributed by atoms with van der Waals surface area (Å²) >= 11 is 3.41. The number of carbonyl (C=O) groups excluding carboxylic acids is 2. The minimum atomic E-state index is -0.442. The van der Waals surface area contributed by atoms with Crippen LogP contribution in [0.1, 0.15) is 26.7 Å². The van der Waals surface area contributed by atoms with Crippen LogP contribution in [0.3, 0.4) is 0 Å². The van der Waals surface area contributed by atoms with Crippen LogP contribution >= 0.6 is 15.9 Å². The maximum absolute atomic E-state index is 12.6. The molecule has 2 aromatic rings. The summed E-state index contributed by atoms with van der Waals surface area (Å²) in [6.45, 7) is 4.19. The number of aromatic amines is 1. The number of fused-ring (bicyclic) bond motifs is 1. The number of benzene rings is 1. The van der Waals surface area contributed by atoms with Gasteiger partial charge in [0.1, 0.15) is 0 Å². The lowest BCUT2D eigenvalue weighted by molar-refractivity contribution is -0.127. The van der Waals surface area contributed by atoms with Crippen molar-refractivity contribution >= 4 is 44.5 Å². The fourth-order valence-corrected chi connectivity index (χ4v) is 3.59. The molecule has 0 bridgehead atoms. The van der Waals surface area contributed by atoms with Crippen molar-refractivity contribution in [1.82, 2.24) is 15.5 Å². The van der Waals surface area contributed by atoms with E-state index in [1.807, 2.05) is 32.0 Å². The zero-order valence-electron chi connectivity index (χ0n) is 14.8. The highest BCUT2D eigenvalue weighted by molar-refractivity contribution is 9.10. The van der Waals surface area contributed by atoms with E-state index in [0.29, 0.717) is 12.4 Å². The number of nitrogens with one attached hydrogen (secondary N) is 2. The van der Waals surface area contributed by atoms with Crippen LogP contribution in [0.2, 0.25) is 0 Å². The van der Waals surface area contributed by atoms with Crippen molar-refractivity contribution in [3.63, 3.8) is 0 Å².